The maximum Gasteiger partial charge on any atom is 0.305 e. The normalized spacial score (nSPS) is 12.9. The number of rotatable bonds is 7. The molecule has 0 aromatic heterocycles. The number of amides is 1. The van der Waals surface area contributed by atoms with Crippen LogP contribution in [0.4, 0.5) is 11.4 Å². The number of carbonyl (C=O) groups is 2. The molecule has 0 unspecified atom stereocenters. The zero-order valence-electron chi connectivity index (χ0n) is 16.2. The maximum absolute atomic E-state index is 12.7. The van der Waals surface area contributed by atoms with Gasteiger partial charge >= 0.3 is 5.97 Å². The number of nitrogens with zero attached hydrogens (tertiary/aromatic N) is 2. The van der Waals surface area contributed by atoms with Gasteiger partial charge in [0.15, 0.2) is 0 Å². The highest BCUT2D eigenvalue weighted by molar-refractivity contribution is 6.10. The van der Waals surface area contributed by atoms with Gasteiger partial charge < -0.3 is 14.5 Å². The molecular formula is C22H26N2O3. The molecule has 2 aromatic rings. The number of hydrogen-bond acceptors (Lipinski definition) is 4. The van der Waals surface area contributed by atoms with Gasteiger partial charge in [0.25, 0.3) is 5.91 Å². The van der Waals surface area contributed by atoms with Gasteiger partial charge in [0, 0.05) is 37.5 Å². The Morgan fingerprint density at radius 2 is 1.89 bits per heavy atom. The Labute approximate surface area is 160 Å². The molecule has 3 rings (SSSR count). The van der Waals surface area contributed by atoms with Gasteiger partial charge in [-0.1, -0.05) is 12.1 Å². The number of aryl methyl sites for hydroxylation is 1. The van der Waals surface area contributed by atoms with Crippen LogP contribution >= 0.6 is 0 Å². The van der Waals surface area contributed by atoms with Crippen LogP contribution in [-0.2, 0) is 22.5 Å². The molecule has 1 amide bonds. The number of esters is 1. The quantitative estimate of drug-likeness (QED) is 0.700. The molecule has 1 heterocycles. The van der Waals surface area contributed by atoms with Gasteiger partial charge in [-0.15, -0.1) is 0 Å². The third-order valence-electron chi connectivity index (χ3n) is 4.81. The average molecular weight is 366 g/mol. The molecule has 0 N–H and O–H groups in total. The standard InChI is InChI=1S/C22H26N2O3/c1-4-27-21(25)7-5-6-16-8-10-18(11-9-16)24-15-17-14-19(23(2)3)12-13-20(17)22(24)26/h8-14H,4-7,15H2,1-3H3. The predicted molar refractivity (Wildman–Crippen MR) is 107 cm³/mol. The summed E-state index contributed by atoms with van der Waals surface area (Å²) in [5.41, 5.74) is 4.99. The van der Waals surface area contributed by atoms with E-state index in [9.17, 15) is 9.59 Å². The highest BCUT2D eigenvalue weighted by atomic mass is 16.5. The number of fused-ring (bicyclic) bond motifs is 1. The number of benzene rings is 2. The molecule has 2 aromatic carbocycles. The summed E-state index contributed by atoms with van der Waals surface area (Å²) in [6.07, 6.45) is 2.02. The van der Waals surface area contributed by atoms with Crippen molar-refractivity contribution in [3.05, 3.63) is 59.2 Å². The lowest BCUT2D eigenvalue weighted by Gasteiger charge is -2.16. The predicted octanol–water partition coefficient (Wildman–Crippen LogP) is 3.80. The lowest BCUT2D eigenvalue weighted by Crippen LogP contribution is -2.22. The Morgan fingerprint density at radius 1 is 1.15 bits per heavy atom. The molecule has 5 nitrogen and oxygen atoms in total. The van der Waals surface area contributed by atoms with Crippen molar-refractivity contribution >= 4 is 23.3 Å². The fourth-order valence-electron chi connectivity index (χ4n) is 3.31. The van der Waals surface area contributed by atoms with Crippen LogP contribution in [0, 0.1) is 0 Å². The van der Waals surface area contributed by atoms with E-state index < -0.39 is 0 Å². The first kappa shape index (κ1) is 19.0. The molecule has 0 bridgehead atoms. The first-order valence-corrected chi connectivity index (χ1v) is 9.36. The summed E-state index contributed by atoms with van der Waals surface area (Å²) in [7, 11) is 3.99. The lowest BCUT2D eigenvalue weighted by molar-refractivity contribution is -0.143. The van der Waals surface area contributed by atoms with Crippen LogP contribution in [0.3, 0.4) is 0 Å². The van der Waals surface area contributed by atoms with E-state index in [0.29, 0.717) is 19.6 Å². The molecule has 27 heavy (non-hydrogen) atoms. The second-order valence-corrected chi connectivity index (χ2v) is 6.95. The van der Waals surface area contributed by atoms with Crippen LogP contribution in [0.1, 0.15) is 41.3 Å². The molecule has 0 saturated heterocycles. The number of carbonyl (C=O) groups excluding carboxylic acids is 2. The van der Waals surface area contributed by atoms with Crippen LogP contribution in [0.5, 0.6) is 0 Å². The fraction of sp³-hybridized carbons (Fsp3) is 0.364. The highest BCUT2D eigenvalue weighted by Crippen LogP contribution is 2.31. The molecule has 1 aliphatic rings. The van der Waals surface area contributed by atoms with E-state index in [1.165, 1.54) is 0 Å². The molecule has 0 saturated carbocycles. The van der Waals surface area contributed by atoms with E-state index in [1.807, 2.05) is 67.2 Å². The van der Waals surface area contributed by atoms with Crippen molar-refractivity contribution in [3.8, 4) is 0 Å². The second-order valence-electron chi connectivity index (χ2n) is 6.95. The summed E-state index contributed by atoms with van der Waals surface area (Å²) in [6.45, 7) is 2.84. The Hall–Kier alpha value is -2.82. The molecular weight excluding hydrogens is 340 g/mol. The van der Waals surface area contributed by atoms with Crippen LogP contribution in [-0.4, -0.2) is 32.6 Å². The summed E-state index contributed by atoms with van der Waals surface area (Å²) in [5.74, 6) is -0.1000. The minimum atomic E-state index is -0.147. The van der Waals surface area contributed by atoms with E-state index >= 15 is 0 Å². The first-order valence-electron chi connectivity index (χ1n) is 9.36. The Bertz CT molecular complexity index is 828. The van der Waals surface area contributed by atoms with Gasteiger partial charge in [-0.2, -0.15) is 0 Å². The van der Waals surface area contributed by atoms with Gasteiger partial charge in [0.1, 0.15) is 0 Å². The molecule has 0 spiro atoms. The van der Waals surface area contributed by atoms with Gasteiger partial charge in [0.2, 0.25) is 0 Å². The largest absolute Gasteiger partial charge is 0.466 e. The second kappa shape index (κ2) is 8.25. The highest BCUT2D eigenvalue weighted by Gasteiger charge is 2.28. The third-order valence-corrected chi connectivity index (χ3v) is 4.81. The molecule has 0 atom stereocenters. The van der Waals surface area contributed by atoms with Crippen molar-refractivity contribution in [1.29, 1.82) is 0 Å². The maximum atomic E-state index is 12.7. The van der Waals surface area contributed by atoms with Crippen molar-refractivity contribution in [1.82, 2.24) is 0 Å². The fourth-order valence-corrected chi connectivity index (χ4v) is 3.31. The van der Waals surface area contributed by atoms with Gasteiger partial charge in [-0.25, -0.2) is 0 Å². The molecule has 0 fully saturated rings. The molecule has 0 aliphatic carbocycles. The molecule has 142 valence electrons. The summed E-state index contributed by atoms with van der Waals surface area (Å²) in [4.78, 5) is 28.0. The Balaban J connectivity index is 1.64. The van der Waals surface area contributed by atoms with Crippen molar-refractivity contribution in [3.63, 3.8) is 0 Å². The van der Waals surface area contributed by atoms with Crippen molar-refractivity contribution in [2.45, 2.75) is 32.7 Å². The molecule has 0 radical (unpaired) electrons. The average Bonchev–Trinajstić information content (AvgIpc) is 2.98. The SMILES string of the molecule is CCOC(=O)CCCc1ccc(N2Cc3cc(N(C)C)ccc3C2=O)cc1. The molecule has 1 aliphatic heterocycles. The van der Waals surface area contributed by atoms with E-state index in [-0.39, 0.29) is 11.9 Å². The van der Waals surface area contributed by atoms with E-state index in [0.717, 1.165) is 40.9 Å². The smallest absolute Gasteiger partial charge is 0.305 e. The minimum Gasteiger partial charge on any atom is -0.466 e. The van der Waals surface area contributed by atoms with Crippen molar-refractivity contribution in [2.75, 3.05) is 30.5 Å². The number of ether oxygens (including phenoxy) is 1. The van der Waals surface area contributed by atoms with E-state index in [2.05, 4.69) is 6.07 Å². The third kappa shape index (κ3) is 4.30. The Kier molecular flexibility index (Phi) is 5.79. The van der Waals surface area contributed by atoms with Gasteiger partial charge in [0.05, 0.1) is 13.2 Å². The topological polar surface area (TPSA) is 49.9 Å². The van der Waals surface area contributed by atoms with Crippen LogP contribution < -0.4 is 9.80 Å². The van der Waals surface area contributed by atoms with Crippen LogP contribution in [0.2, 0.25) is 0 Å². The van der Waals surface area contributed by atoms with E-state index in [1.54, 1.807) is 0 Å². The minimum absolute atomic E-state index is 0.0466. The van der Waals surface area contributed by atoms with Crippen LogP contribution in [0.15, 0.2) is 42.5 Å². The van der Waals surface area contributed by atoms with Crippen molar-refractivity contribution < 1.29 is 14.3 Å². The monoisotopic (exact) mass is 366 g/mol. The first-order chi connectivity index (χ1) is 13.0. The Morgan fingerprint density at radius 3 is 2.56 bits per heavy atom. The number of hydrogen-bond donors (Lipinski definition) is 0. The van der Waals surface area contributed by atoms with E-state index in [4.69, 9.17) is 4.74 Å². The zero-order chi connectivity index (χ0) is 19.4. The zero-order valence-corrected chi connectivity index (χ0v) is 16.2. The van der Waals surface area contributed by atoms with Crippen LogP contribution in [0.25, 0.3) is 0 Å². The summed E-state index contributed by atoms with van der Waals surface area (Å²) < 4.78 is 4.95. The summed E-state index contributed by atoms with van der Waals surface area (Å²) in [6, 6.07) is 14.0. The lowest BCUT2D eigenvalue weighted by atomic mass is 10.1. The summed E-state index contributed by atoms with van der Waals surface area (Å²) in [5, 5.41) is 0. The molecule has 5 heteroatoms. The van der Waals surface area contributed by atoms with Crippen molar-refractivity contribution in [2.24, 2.45) is 0 Å². The number of anilines is 2. The van der Waals surface area contributed by atoms with Gasteiger partial charge in [-0.3, -0.25) is 9.59 Å². The van der Waals surface area contributed by atoms with Gasteiger partial charge in [-0.05, 0) is 61.2 Å². The summed E-state index contributed by atoms with van der Waals surface area (Å²) >= 11 is 0.